The molecule has 0 aliphatic carbocycles. The Kier molecular flexibility index (Phi) is 3.81. The summed E-state index contributed by atoms with van der Waals surface area (Å²) in [6.07, 6.45) is 4.38. The van der Waals surface area contributed by atoms with Crippen LogP contribution in [0.25, 0.3) is 6.08 Å². The molecule has 3 rings (SSSR count). The van der Waals surface area contributed by atoms with Gasteiger partial charge in [0.1, 0.15) is 10.4 Å². The van der Waals surface area contributed by atoms with Crippen LogP contribution >= 0.6 is 23.5 Å². The van der Waals surface area contributed by atoms with E-state index < -0.39 is 0 Å². The van der Waals surface area contributed by atoms with Crippen molar-refractivity contribution >= 4 is 40.3 Å². The average molecular weight is 303 g/mol. The van der Waals surface area contributed by atoms with Gasteiger partial charge >= 0.3 is 0 Å². The lowest BCUT2D eigenvalue weighted by Crippen LogP contribution is -2.17. The molecule has 20 heavy (non-hydrogen) atoms. The SMILES string of the molecule is CC1=NN2C(=CSC2C=Cc2ccc(N(C)C)cc2)S1. The van der Waals surface area contributed by atoms with Crippen LogP contribution in [0.3, 0.4) is 0 Å². The first kappa shape index (κ1) is 13.6. The Morgan fingerprint density at radius 3 is 2.70 bits per heavy atom. The molecule has 1 unspecified atom stereocenters. The Morgan fingerprint density at radius 1 is 1.25 bits per heavy atom. The molecule has 0 N–H and O–H groups in total. The highest BCUT2D eigenvalue weighted by Gasteiger charge is 2.30. The van der Waals surface area contributed by atoms with E-state index in [9.17, 15) is 0 Å². The summed E-state index contributed by atoms with van der Waals surface area (Å²) in [5.74, 6) is 0. The van der Waals surface area contributed by atoms with Gasteiger partial charge in [0, 0.05) is 25.2 Å². The number of hydrogen-bond acceptors (Lipinski definition) is 5. The zero-order valence-electron chi connectivity index (χ0n) is 11.8. The van der Waals surface area contributed by atoms with Crippen molar-refractivity contribution in [1.82, 2.24) is 5.01 Å². The smallest absolute Gasteiger partial charge is 0.121 e. The molecule has 5 heteroatoms. The molecule has 1 aromatic carbocycles. The summed E-state index contributed by atoms with van der Waals surface area (Å²) in [6, 6.07) is 8.57. The number of anilines is 1. The van der Waals surface area contributed by atoms with E-state index in [1.165, 1.54) is 16.3 Å². The number of benzene rings is 1. The molecule has 104 valence electrons. The lowest BCUT2D eigenvalue weighted by atomic mass is 10.2. The monoisotopic (exact) mass is 303 g/mol. The largest absolute Gasteiger partial charge is 0.378 e. The molecule has 2 aliphatic heterocycles. The molecule has 0 bridgehead atoms. The van der Waals surface area contributed by atoms with E-state index in [2.05, 4.69) is 77.9 Å². The molecule has 0 spiro atoms. The minimum atomic E-state index is 0.281. The first-order valence-corrected chi connectivity index (χ1v) is 8.23. The number of nitrogens with zero attached hydrogens (tertiary/aromatic N) is 3. The van der Waals surface area contributed by atoms with Crippen LogP contribution < -0.4 is 4.90 Å². The van der Waals surface area contributed by atoms with Crippen molar-refractivity contribution in [3.05, 3.63) is 46.3 Å². The summed E-state index contributed by atoms with van der Waals surface area (Å²) in [7, 11) is 4.11. The van der Waals surface area contributed by atoms with Crippen molar-refractivity contribution in [2.45, 2.75) is 12.3 Å². The van der Waals surface area contributed by atoms with Crippen LogP contribution in [-0.2, 0) is 0 Å². The van der Waals surface area contributed by atoms with Gasteiger partial charge in [-0.2, -0.15) is 5.10 Å². The molecule has 1 aromatic rings. The second kappa shape index (κ2) is 5.58. The van der Waals surface area contributed by atoms with Crippen LogP contribution in [0.5, 0.6) is 0 Å². The second-order valence-corrected chi connectivity index (χ2v) is 7.10. The Bertz CT molecular complexity index is 588. The van der Waals surface area contributed by atoms with Gasteiger partial charge in [0.05, 0.1) is 5.04 Å². The van der Waals surface area contributed by atoms with Crippen LogP contribution in [0.15, 0.2) is 45.9 Å². The van der Waals surface area contributed by atoms with E-state index >= 15 is 0 Å². The number of fused-ring (bicyclic) bond motifs is 1. The van der Waals surface area contributed by atoms with Crippen LogP contribution in [0.4, 0.5) is 5.69 Å². The zero-order valence-corrected chi connectivity index (χ0v) is 13.4. The zero-order chi connectivity index (χ0) is 14.1. The topological polar surface area (TPSA) is 18.8 Å². The van der Waals surface area contributed by atoms with Crippen molar-refractivity contribution in [1.29, 1.82) is 0 Å². The number of rotatable bonds is 3. The van der Waals surface area contributed by atoms with Crippen molar-refractivity contribution in [3.8, 4) is 0 Å². The van der Waals surface area contributed by atoms with Gasteiger partial charge in [0.15, 0.2) is 0 Å². The molecule has 0 amide bonds. The van der Waals surface area contributed by atoms with Crippen LogP contribution in [0.1, 0.15) is 12.5 Å². The summed E-state index contributed by atoms with van der Waals surface area (Å²) in [5, 5.41) is 11.5. The standard InChI is InChI=1S/C15H17N3S2/c1-11-16-18-14(19-10-15(18)20-11)9-6-12-4-7-13(8-5-12)17(2)3/h4-10,14H,1-3H3. The van der Waals surface area contributed by atoms with Crippen molar-refractivity contribution in [3.63, 3.8) is 0 Å². The van der Waals surface area contributed by atoms with Crippen molar-refractivity contribution in [2.75, 3.05) is 19.0 Å². The predicted octanol–water partition coefficient (Wildman–Crippen LogP) is 4.02. The quantitative estimate of drug-likeness (QED) is 0.839. The number of hydrogen-bond donors (Lipinski definition) is 0. The first-order chi connectivity index (χ1) is 9.63. The Balaban J connectivity index is 1.69. The minimum absolute atomic E-state index is 0.281. The highest BCUT2D eigenvalue weighted by Crippen LogP contribution is 2.42. The van der Waals surface area contributed by atoms with Gasteiger partial charge < -0.3 is 4.90 Å². The van der Waals surface area contributed by atoms with Crippen LogP contribution in [0.2, 0.25) is 0 Å². The molecular formula is C15H17N3S2. The molecule has 3 nitrogen and oxygen atoms in total. The molecule has 0 saturated carbocycles. The predicted molar refractivity (Wildman–Crippen MR) is 91.8 cm³/mol. The maximum atomic E-state index is 4.55. The summed E-state index contributed by atoms with van der Waals surface area (Å²) >= 11 is 3.55. The lowest BCUT2D eigenvalue weighted by molar-refractivity contribution is 0.422. The first-order valence-electron chi connectivity index (χ1n) is 6.47. The molecule has 0 radical (unpaired) electrons. The van der Waals surface area contributed by atoms with Crippen LogP contribution in [0, 0.1) is 0 Å². The average Bonchev–Trinajstić information content (AvgIpc) is 2.96. The molecule has 2 heterocycles. The number of thioether (sulfide) groups is 2. The lowest BCUT2D eigenvalue weighted by Gasteiger charge is -2.15. The number of hydrazone groups is 1. The third-order valence-corrected chi connectivity index (χ3v) is 5.17. The molecule has 1 atom stereocenters. The van der Waals surface area contributed by atoms with Crippen LogP contribution in [-0.4, -0.2) is 29.5 Å². The Labute approximate surface area is 128 Å². The third-order valence-electron chi connectivity index (χ3n) is 3.14. The second-order valence-electron chi connectivity index (χ2n) is 4.89. The fourth-order valence-corrected chi connectivity index (χ4v) is 3.98. The van der Waals surface area contributed by atoms with Gasteiger partial charge in [-0.1, -0.05) is 41.7 Å². The highest BCUT2D eigenvalue weighted by molar-refractivity contribution is 8.18. The maximum Gasteiger partial charge on any atom is 0.121 e. The van der Waals surface area contributed by atoms with E-state index in [-0.39, 0.29) is 5.37 Å². The van der Waals surface area contributed by atoms with E-state index in [1.54, 1.807) is 23.5 Å². The maximum absolute atomic E-state index is 4.55. The molecule has 0 saturated heterocycles. The van der Waals surface area contributed by atoms with Gasteiger partial charge in [-0.3, -0.25) is 0 Å². The molecule has 0 fully saturated rings. The highest BCUT2D eigenvalue weighted by atomic mass is 32.2. The van der Waals surface area contributed by atoms with E-state index in [1.807, 2.05) is 0 Å². The fourth-order valence-electron chi connectivity index (χ4n) is 2.07. The Morgan fingerprint density at radius 2 is 2.00 bits per heavy atom. The van der Waals surface area contributed by atoms with Crippen molar-refractivity contribution in [2.24, 2.45) is 5.10 Å². The third kappa shape index (κ3) is 2.74. The van der Waals surface area contributed by atoms with E-state index in [0.29, 0.717) is 0 Å². The summed E-state index contributed by atoms with van der Waals surface area (Å²) < 4.78 is 0. The molecular weight excluding hydrogens is 286 g/mol. The van der Waals surface area contributed by atoms with Gasteiger partial charge in [-0.25, -0.2) is 5.01 Å². The van der Waals surface area contributed by atoms with Gasteiger partial charge in [-0.05, 0) is 30.7 Å². The summed E-state index contributed by atoms with van der Waals surface area (Å²) in [5.41, 5.74) is 2.44. The van der Waals surface area contributed by atoms with E-state index in [0.717, 1.165) is 5.04 Å². The van der Waals surface area contributed by atoms with Gasteiger partial charge in [-0.15, -0.1) is 0 Å². The van der Waals surface area contributed by atoms with Crippen molar-refractivity contribution < 1.29 is 0 Å². The molecule has 2 aliphatic rings. The van der Waals surface area contributed by atoms with Gasteiger partial charge in [0.2, 0.25) is 0 Å². The minimum Gasteiger partial charge on any atom is -0.378 e. The molecule has 0 aromatic heterocycles. The van der Waals surface area contributed by atoms with E-state index in [4.69, 9.17) is 0 Å². The fraction of sp³-hybridized carbons (Fsp3) is 0.267. The van der Waals surface area contributed by atoms with Gasteiger partial charge in [0.25, 0.3) is 0 Å². The summed E-state index contributed by atoms with van der Waals surface area (Å²) in [4.78, 5) is 2.11. The normalized spacial score (nSPS) is 21.1. The summed E-state index contributed by atoms with van der Waals surface area (Å²) in [6.45, 7) is 2.05. The Hall–Kier alpha value is -1.33.